The van der Waals surface area contributed by atoms with Crippen LogP contribution in [0.3, 0.4) is 0 Å². The van der Waals surface area contributed by atoms with Crippen molar-refractivity contribution in [1.82, 2.24) is 15.1 Å². The average molecular weight is 285 g/mol. The van der Waals surface area contributed by atoms with Gasteiger partial charge in [0.2, 0.25) is 0 Å². The molecule has 1 heterocycles. The Morgan fingerprint density at radius 3 is 2.70 bits per heavy atom. The zero-order valence-corrected chi connectivity index (χ0v) is 13.6. The number of urea groups is 1. The van der Waals surface area contributed by atoms with E-state index in [1.807, 2.05) is 19.0 Å². The lowest BCUT2D eigenvalue weighted by atomic mass is 9.85. The van der Waals surface area contributed by atoms with E-state index in [9.17, 15) is 9.90 Å². The molecule has 0 spiro atoms. The molecule has 2 atom stereocenters. The molecule has 0 aromatic carbocycles. The molecule has 1 rings (SSSR count). The van der Waals surface area contributed by atoms with Gasteiger partial charge in [0.05, 0.1) is 0 Å². The Morgan fingerprint density at radius 1 is 1.50 bits per heavy atom. The molecule has 0 aromatic heterocycles. The third-order valence-corrected chi connectivity index (χ3v) is 4.30. The van der Waals surface area contributed by atoms with Gasteiger partial charge in [0, 0.05) is 32.3 Å². The number of likely N-dealkylation sites (tertiary alicyclic amines) is 1. The topological polar surface area (TPSA) is 55.8 Å². The van der Waals surface area contributed by atoms with E-state index in [1.165, 1.54) is 0 Å². The van der Waals surface area contributed by atoms with Gasteiger partial charge in [-0.25, -0.2) is 4.79 Å². The highest BCUT2D eigenvalue weighted by Crippen LogP contribution is 2.22. The number of hydrogen-bond donors (Lipinski definition) is 2. The summed E-state index contributed by atoms with van der Waals surface area (Å²) in [7, 11) is 4.10. The first-order valence-electron chi connectivity index (χ1n) is 7.57. The molecule has 2 amide bonds. The van der Waals surface area contributed by atoms with E-state index in [-0.39, 0.29) is 30.0 Å². The molecule has 0 aliphatic carbocycles. The number of carbonyl (C=O) groups is 1. The van der Waals surface area contributed by atoms with Crippen molar-refractivity contribution in [3.8, 4) is 0 Å². The first-order chi connectivity index (χ1) is 9.26. The van der Waals surface area contributed by atoms with Crippen molar-refractivity contribution in [2.75, 3.05) is 40.3 Å². The number of nitrogens with zero attached hydrogens (tertiary/aromatic N) is 2. The fraction of sp³-hybridized carbons (Fsp3) is 0.933. The van der Waals surface area contributed by atoms with Crippen molar-refractivity contribution in [3.63, 3.8) is 0 Å². The standard InChI is InChI=1S/C15H31N3O2/c1-12(15(2,3)11-17(4)5)16-14(20)18-8-6-7-13(9-18)10-19/h12-13,19H,6-11H2,1-5H3,(H,16,20)/t12-,13+/m0/s1. The quantitative estimate of drug-likeness (QED) is 0.802. The van der Waals surface area contributed by atoms with E-state index in [4.69, 9.17) is 0 Å². The zero-order chi connectivity index (χ0) is 15.3. The van der Waals surface area contributed by atoms with Crippen LogP contribution in [0.25, 0.3) is 0 Å². The molecule has 1 saturated heterocycles. The molecule has 2 N–H and O–H groups in total. The fourth-order valence-electron chi connectivity index (χ4n) is 2.82. The van der Waals surface area contributed by atoms with Gasteiger partial charge < -0.3 is 20.2 Å². The molecule has 5 nitrogen and oxygen atoms in total. The summed E-state index contributed by atoms with van der Waals surface area (Å²) in [6.45, 7) is 8.97. The summed E-state index contributed by atoms with van der Waals surface area (Å²) >= 11 is 0. The number of nitrogens with one attached hydrogen (secondary N) is 1. The lowest BCUT2D eigenvalue weighted by Gasteiger charge is -2.38. The molecule has 0 saturated carbocycles. The highest BCUT2D eigenvalue weighted by Gasteiger charge is 2.30. The van der Waals surface area contributed by atoms with Gasteiger partial charge in [-0.05, 0) is 45.2 Å². The Morgan fingerprint density at radius 2 is 2.15 bits per heavy atom. The normalized spacial score (nSPS) is 21.9. The van der Waals surface area contributed by atoms with Crippen LogP contribution in [-0.2, 0) is 0 Å². The van der Waals surface area contributed by atoms with Crippen LogP contribution in [0.2, 0.25) is 0 Å². The minimum absolute atomic E-state index is 0.00230. The van der Waals surface area contributed by atoms with E-state index in [2.05, 4.69) is 31.0 Å². The van der Waals surface area contributed by atoms with Crippen LogP contribution in [0.15, 0.2) is 0 Å². The van der Waals surface area contributed by atoms with Crippen LogP contribution >= 0.6 is 0 Å². The van der Waals surface area contributed by atoms with Crippen molar-refractivity contribution in [2.24, 2.45) is 11.3 Å². The molecule has 118 valence electrons. The largest absolute Gasteiger partial charge is 0.396 e. The van der Waals surface area contributed by atoms with Gasteiger partial charge in [-0.2, -0.15) is 0 Å². The van der Waals surface area contributed by atoms with Crippen molar-refractivity contribution >= 4 is 6.03 Å². The Kier molecular flexibility index (Phi) is 6.27. The predicted molar refractivity (Wildman–Crippen MR) is 81.7 cm³/mol. The minimum Gasteiger partial charge on any atom is -0.396 e. The van der Waals surface area contributed by atoms with Gasteiger partial charge in [-0.3, -0.25) is 0 Å². The second-order valence-corrected chi connectivity index (χ2v) is 7.03. The molecule has 5 heteroatoms. The van der Waals surface area contributed by atoms with Crippen LogP contribution < -0.4 is 5.32 Å². The second kappa shape index (κ2) is 7.27. The van der Waals surface area contributed by atoms with Crippen LogP contribution in [0.5, 0.6) is 0 Å². The first-order valence-corrected chi connectivity index (χ1v) is 7.57. The maximum absolute atomic E-state index is 12.3. The molecule has 0 radical (unpaired) electrons. The third-order valence-electron chi connectivity index (χ3n) is 4.30. The van der Waals surface area contributed by atoms with E-state index in [0.717, 1.165) is 25.9 Å². The number of rotatable bonds is 5. The maximum Gasteiger partial charge on any atom is 0.317 e. The molecule has 1 fully saturated rings. The third kappa shape index (κ3) is 4.94. The molecular weight excluding hydrogens is 254 g/mol. The SMILES string of the molecule is C[C@H](NC(=O)N1CCC[C@@H](CO)C1)C(C)(C)CN(C)C. The molecule has 1 aliphatic rings. The van der Waals surface area contributed by atoms with E-state index >= 15 is 0 Å². The number of piperidine rings is 1. The van der Waals surface area contributed by atoms with E-state index < -0.39 is 0 Å². The van der Waals surface area contributed by atoms with Gasteiger partial charge >= 0.3 is 6.03 Å². The van der Waals surface area contributed by atoms with Crippen LogP contribution in [0.1, 0.15) is 33.6 Å². The summed E-state index contributed by atoms with van der Waals surface area (Å²) in [5.74, 6) is 0.236. The zero-order valence-electron chi connectivity index (χ0n) is 13.6. The van der Waals surface area contributed by atoms with Gasteiger partial charge in [0.1, 0.15) is 0 Å². The molecule has 0 bridgehead atoms. The van der Waals surface area contributed by atoms with Gasteiger partial charge in [-0.1, -0.05) is 13.8 Å². The number of aliphatic hydroxyl groups excluding tert-OH is 1. The van der Waals surface area contributed by atoms with Gasteiger partial charge in [0.15, 0.2) is 0 Å². The molecule has 0 unspecified atom stereocenters. The highest BCUT2D eigenvalue weighted by atomic mass is 16.3. The Bertz CT molecular complexity index is 318. The minimum atomic E-state index is 0.00230. The molecular formula is C15H31N3O2. The Labute approximate surface area is 123 Å². The average Bonchev–Trinajstić information content (AvgIpc) is 2.37. The van der Waals surface area contributed by atoms with Crippen molar-refractivity contribution in [2.45, 2.75) is 39.7 Å². The van der Waals surface area contributed by atoms with Crippen molar-refractivity contribution in [1.29, 1.82) is 0 Å². The lowest BCUT2D eigenvalue weighted by Crippen LogP contribution is -2.53. The molecule has 0 aromatic rings. The van der Waals surface area contributed by atoms with Crippen LogP contribution in [0, 0.1) is 11.3 Å². The lowest BCUT2D eigenvalue weighted by molar-refractivity contribution is 0.120. The maximum atomic E-state index is 12.3. The van der Waals surface area contributed by atoms with E-state index in [0.29, 0.717) is 6.54 Å². The first kappa shape index (κ1) is 17.2. The second-order valence-electron chi connectivity index (χ2n) is 7.03. The summed E-state index contributed by atoms with van der Waals surface area (Å²) in [4.78, 5) is 16.3. The van der Waals surface area contributed by atoms with Crippen LogP contribution in [0.4, 0.5) is 4.79 Å². The summed E-state index contributed by atoms with van der Waals surface area (Å²) in [5.41, 5.74) is 0.0192. The van der Waals surface area contributed by atoms with Crippen molar-refractivity contribution < 1.29 is 9.90 Å². The van der Waals surface area contributed by atoms with Gasteiger partial charge in [-0.15, -0.1) is 0 Å². The van der Waals surface area contributed by atoms with E-state index in [1.54, 1.807) is 0 Å². The fourth-order valence-corrected chi connectivity index (χ4v) is 2.82. The summed E-state index contributed by atoms with van der Waals surface area (Å²) in [6.07, 6.45) is 2.00. The summed E-state index contributed by atoms with van der Waals surface area (Å²) < 4.78 is 0. The molecule has 20 heavy (non-hydrogen) atoms. The Balaban J connectivity index is 2.52. The molecule has 1 aliphatic heterocycles. The monoisotopic (exact) mass is 285 g/mol. The highest BCUT2D eigenvalue weighted by molar-refractivity contribution is 5.74. The summed E-state index contributed by atoms with van der Waals surface area (Å²) in [6, 6.07) is 0.106. The Hall–Kier alpha value is -0.810. The predicted octanol–water partition coefficient (Wildman–Crippen LogP) is 1.38. The number of hydrogen-bond acceptors (Lipinski definition) is 3. The number of carbonyl (C=O) groups excluding carboxylic acids is 1. The van der Waals surface area contributed by atoms with Crippen LogP contribution in [-0.4, -0.2) is 67.3 Å². The smallest absolute Gasteiger partial charge is 0.317 e. The van der Waals surface area contributed by atoms with Crippen molar-refractivity contribution in [3.05, 3.63) is 0 Å². The summed E-state index contributed by atoms with van der Waals surface area (Å²) in [5, 5.41) is 12.4. The number of amides is 2. The number of aliphatic hydroxyl groups is 1. The van der Waals surface area contributed by atoms with Gasteiger partial charge in [0.25, 0.3) is 0 Å².